The number of aliphatic hydroxyl groups excluding tert-OH is 1. The van der Waals surface area contributed by atoms with Crippen LogP contribution < -0.4 is 0 Å². The zero-order chi connectivity index (χ0) is 11.5. The molecule has 0 heterocycles. The van der Waals surface area contributed by atoms with Crippen molar-refractivity contribution in [2.45, 2.75) is 50.3 Å². The van der Waals surface area contributed by atoms with Crippen LogP contribution in [0.2, 0.25) is 0 Å². The number of hydrogen-bond donors (Lipinski definition) is 1. The lowest BCUT2D eigenvalue weighted by Crippen LogP contribution is -2.43. The summed E-state index contributed by atoms with van der Waals surface area (Å²) in [5.74, 6) is 0. The van der Waals surface area contributed by atoms with E-state index in [1.165, 1.54) is 4.31 Å². The summed E-state index contributed by atoms with van der Waals surface area (Å²) in [5, 5.41) is 8.73. The highest BCUT2D eigenvalue weighted by atomic mass is 32.2. The fourth-order valence-corrected chi connectivity index (χ4v) is 3.93. The van der Waals surface area contributed by atoms with Gasteiger partial charge in [-0.3, -0.25) is 0 Å². The number of nitrogens with zero attached hydrogens (tertiary/aromatic N) is 1. The Morgan fingerprint density at radius 1 is 1.33 bits per heavy atom. The Hall–Kier alpha value is -0.130. The van der Waals surface area contributed by atoms with Crippen molar-refractivity contribution in [3.05, 3.63) is 0 Å². The van der Waals surface area contributed by atoms with E-state index in [4.69, 9.17) is 5.11 Å². The third kappa shape index (κ3) is 2.92. The van der Waals surface area contributed by atoms with Gasteiger partial charge in [0.1, 0.15) is 0 Å². The molecule has 15 heavy (non-hydrogen) atoms. The first-order valence-electron chi connectivity index (χ1n) is 5.58. The van der Waals surface area contributed by atoms with Gasteiger partial charge in [-0.2, -0.15) is 4.31 Å². The van der Waals surface area contributed by atoms with Crippen LogP contribution in [0, 0.1) is 0 Å². The van der Waals surface area contributed by atoms with Gasteiger partial charge in [0.2, 0.25) is 10.0 Å². The molecule has 0 aliphatic heterocycles. The average molecular weight is 235 g/mol. The third-order valence-electron chi connectivity index (χ3n) is 3.26. The summed E-state index contributed by atoms with van der Waals surface area (Å²) in [4.78, 5) is 0. The van der Waals surface area contributed by atoms with Crippen molar-refractivity contribution in [1.29, 1.82) is 0 Å². The maximum atomic E-state index is 12.1. The number of aliphatic hydroxyl groups is 1. The summed E-state index contributed by atoms with van der Waals surface area (Å²) in [6, 6.07) is -0.322. The zero-order valence-electron chi connectivity index (χ0n) is 9.52. The highest BCUT2D eigenvalue weighted by Crippen LogP contribution is 2.26. The molecule has 1 aliphatic carbocycles. The lowest BCUT2D eigenvalue weighted by molar-refractivity contribution is 0.212. The van der Waals surface area contributed by atoms with Crippen LogP contribution in [-0.4, -0.2) is 42.8 Å². The van der Waals surface area contributed by atoms with E-state index in [1.807, 2.05) is 0 Å². The van der Waals surface area contributed by atoms with Crippen LogP contribution in [-0.2, 0) is 10.0 Å². The number of likely N-dealkylation sites (N-methyl/N-ethyl adjacent to an activating group) is 1. The SMILES string of the molecule is CC(CO)N(C)S(=O)(=O)C1CCCCC1. The van der Waals surface area contributed by atoms with Gasteiger partial charge < -0.3 is 5.11 Å². The molecule has 1 atom stereocenters. The molecule has 90 valence electrons. The van der Waals surface area contributed by atoms with Crippen LogP contribution in [0.15, 0.2) is 0 Å². The Kier molecular flexibility index (Phi) is 4.55. The molecule has 1 saturated carbocycles. The topological polar surface area (TPSA) is 57.6 Å². The van der Waals surface area contributed by atoms with Gasteiger partial charge in [0.25, 0.3) is 0 Å². The van der Waals surface area contributed by atoms with Crippen molar-refractivity contribution in [1.82, 2.24) is 4.31 Å². The van der Waals surface area contributed by atoms with Gasteiger partial charge in [-0.05, 0) is 19.8 Å². The second-order valence-electron chi connectivity index (χ2n) is 4.35. The minimum atomic E-state index is -3.20. The number of hydrogen-bond acceptors (Lipinski definition) is 3. The molecule has 1 rings (SSSR count). The Morgan fingerprint density at radius 3 is 2.33 bits per heavy atom. The molecular formula is C10H21NO3S. The summed E-state index contributed by atoms with van der Waals surface area (Å²) in [7, 11) is -1.64. The Balaban J connectivity index is 2.72. The van der Waals surface area contributed by atoms with Crippen LogP contribution in [0.4, 0.5) is 0 Å². The summed E-state index contributed by atoms with van der Waals surface area (Å²) >= 11 is 0. The first kappa shape index (κ1) is 12.9. The standard InChI is InChI=1S/C10H21NO3S/c1-9(8-12)11(2)15(13,14)10-6-4-3-5-7-10/h9-10,12H,3-8H2,1-2H3. The average Bonchev–Trinajstić information content (AvgIpc) is 2.28. The summed E-state index contributed by atoms with van der Waals surface area (Å²) in [6.45, 7) is 1.60. The van der Waals surface area contributed by atoms with Crippen molar-refractivity contribution < 1.29 is 13.5 Å². The van der Waals surface area contributed by atoms with E-state index < -0.39 is 10.0 Å². The Morgan fingerprint density at radius 2 is 1.87 bits per heavy atom. The molecule has 5 heteroatoms. The second-order valence-corrected chi connectivity index (χ2v) is 6.63. The summed E-state index contributed by atoms with van der Waals surface area (Å²) in [6.07, 6.45) is 4.69. The van der Waals surface area contributed by atoms with Crippen molar-refractivity contribution >= 4 is 10.0 Å². The van der Waals surface area contributed by atoms with Gasteiger partial charge in [0, 0.05) is 13.1 Å². The Labute approximate surface area is 92.3 Å². The van der Waals surface area contributed by atoms with E-state index in [-0.39, 0.29) is 17.9 Å². The molecular weight excluding hydrogens is 214 g/mol. The van der Waals surface area contributed by atoms with Gasteiger partial charge >= 0.3 is 0 Å². The normalized spacial score (nSPS) is 21.9. The molecule has 0 aromatic heterocycles. The van der Waals surface area contributed by atoms with Gasteiger partial charge in [-0.25, -0.2) is 8.42 Å². The molecule has 1 aliphatic rings. The molecule has 0 aromatic carbocycles. The molecule has 1 fully saturated rings. The number of sulfonamides is 1. The second kappa shape index (κ2) is 5.27. The van der Waals surface area contributed by atoms with Gasteiger partial charge in [0.05, 0.1) is 11.9 Å². The smallest absolute Gasteiger partial charge is 0.217 e. The molecule has 0 aromatic rings. The molecule has 0 bridgehead atoms. The lowest BCUT2D eigenvalue weighted by Gasteiger charge is -2.29. The third-order valence-corrected chi connectivity index (χ3v) is 5.74. The van der Waals surface area contributed by atoms with Crippen LogP contribution >= 0.6 is 0 Å². The quantitative estimate of drug-likeness (QED) is 0.789. The van der Waals surface area contributed by atoms with Gasteiger partial charge in [-0.1, -0.05) is 19.3 Å². The zero-order valence-corrected chi connectivity index (χ0v) is 10.3. The summed E-state index contributed by atoms with van der Waals surface area (Å²) in [5.41, 5.74) is 0. The van der Waals surface area contributed by atoms with Crippen LogP contribution in [0.5, 0.6) is 0 Å². The molecule has 0 saturated heterocycles. The molecule has 4 nitrogen and oxygen atoms in total. The Bertz CT molecular complexity index is 275. The van der Waals surface area contributed by atoms with Crippen LogP contribution in [0.1, 0.15) is 39.0 Å². The molecule has 1 N–H and O–H groups in total. The first-order valence-corrected chi connectivity index (χ1v) is 7.08. The van der Waals surface area contributed by atoms with Crippen molar-refractivity contribution in [3.63, 3.8) is 0 Å². The largest absolute Gasteiger partial charge is 0.395 e. The van der Waals surface area contributed by atoms with E-state index in [2.05, 4.69) is 0 Å². The summed E-state index contributed by atoms with van der Waals surface area (Å²) < 4.78 is 25.5. The van der Waals surface area contributed by atoms with Crippen LogP contribution in [0.25, 0.3) is 0 Å². The van der Waals surface area contributed by atoms with Gasteiger partial charge in [-0.15, -0.1) is 0 Å². The minimum absolute atomic E-state index is 0.123. The predicted octanol–water partition coefficient (Wildman–Crippen LogP) is 0.962. The fourth-order valence-electron chi connectivity index (χ4n) is 1.96. The maximum absolute atomic E-state index is 12.1. The maximum Gasteiger partial charge on any atom is 0.217 e. The van der Waals surface area contributed by atoms with E-state index in [0.29, 0.717) is 0 Å². The van der Waals surface area contributed by atoms with E-state index in [0.717, 1.165) is 32.1 Å². The van der Waals surface area contributed by atoms with Crippen molar-refractivity contribution in [2.75, 3.05) is 13.7 Å². The van der Waals surface area contributed by atoms with Gasteiger partial charge in [0.15, 0.2) is 0 Å². The van der Waals surface area contributed by atoms with Crippen molar-refractivity contribution in [2.24, 2.45) is 0 Å². The monoisotopic (exact) mass is 235 g/mol. The highest BCUT2D eigenvalue weighted by molar-refractivity contribution is 7.89. The highest BCUT2D eigenvalue weighted by Gasteiger charge is 2.32. The van der Waals surface area contributed by atoms with E-state index in [1.54, 1.807) is 14.0 Å². The van der Waals surface area contributed by atoms with E-state index >= 15 is 0 Å². The van der Waals surface area contributed by atoms with Crippen LogP contribution in [0.3, 0.4) is 0 Å². The predicted molar refractivity (Wildman–Crippen MR) is 60.1 cm³/mol. The number of rotatable bonds is 4. The molecule has 0 amide bonds. The fraction of sp³-hybridized carbons (Fsp3) is 1.00. The lowest BCUT2D eigenvalue weighted by atomic mass is 10.0. The molecule has 0 spiro atoms. The molecule has 1 unspecified atom stereocenters. The van der Waals surface area contributed by atoms with E-state index in [9.17, 15) is 8.42 Å². The first-order chi connectivity index (χ1) is 7.00. The molecule has 0 radical (unpaired) electrons. The van der Waals surface area contributed by atoms with Crippen molar-refractivity contribution in [3.8, 4) is 0 Å². The minimum Gasteiger partial charge on any atom is -0.395 e.